The van der Waals surface area contributed by atoms with Crippen LogP contribution in [0.3, 0.4) is 0 Å². The highest BCUT2D eigenvalue weighted by Crippen LogP contribution is 2.21. The third-order valence-electron chi connectivity index (χ3n) is 5.02. The lowest BCUT2D eigenvalue weighted by atomic mass is 10.1. The first-order valence-corrected chi connectivity index (χ1v) is 11.1. The Bertz CT molecular complexity index is 1070. The molecule has 3 heterocycles. The first-order chi connectivity index (χ1) is 14.0. The molecular weight excluding hydrogens is 390 g/mol. The van der Waals surface area contributed by atoms with Crippen molar-refractivity contribution < 1.29 is 17.9 Å². The fraction of sp³-hybridized carbons (Fsp3) is 0.333. The number of sulfonamides is 1. The number of nitrogens with zero attached hydrogens (tertiary/aromatic N) is 3. The molecule has 0 radical (unpaired) electrons. The molecule has 1 aromatic carbocycles. The van der Waals surface area contributed by atoms with Gasteiger partial charge in [-0.05, 0) is 42.7 Å². The molecule has 7 nitrogen and oxygen atoms in total. The third-order valence-corrected chi connectivity index (χ3v) is 6.93. The predicted molar refractivity (Wildman–Crippen MR) is 108 cm³/mol. The number of hydrogen-bond donors (Lipinski definition) is 0. The number of esters is 1. The van der Waals surface area contributed by atoms with Crippen LogP contribution >= 0.6 is 0 Å². The summed E-state index contributed by atoms with van der Waals surface area (Å²) in [5.74, 6) is -0.381. The lowest BCUT2D eigenvalue weighted by molar-refractivity contribution is -0.144. The van der Waals surface area contributed by atoms with Crippen LogP contribution in [0.1, 0.15) is 30.5 Å². The summed E-state index contributed by atoms with van der Waals surface area (Å²) in [7, 11) is -3.46. The molecule has 0 unspecified atom stereocenters. The molecule has 0 bridgehead atoms. The number of pyridine rings is 1. The van der Waals surface area contributed by atoms with Crippen molar-refractivity contribution in [3.05, 3.63) is 66.1 Å². The van der Waals surface area contributed by atoms with Gasteiger partial charge in [0, 0.05) is 25.5 Å². The molecule has 1 saturated heterocycles. The molecule has 8 heteroatoms. The molecular formula is C21H23N3O4S. The summed E-state index contributed by atoms with van der Waals surface area (Å²) in [6, 6.07) is 12.1. The lowest BCUT2D eigenvalue weighted by Crippen LogP contribution is -2.35. The molecule has 0 aliphatic carbocycles. The van der Waals surface area contributed by atoms with Crippen LogP contribution in [-0.4, -0.2) is 41.2 Å². The Morgan fingerprint density at radius 2 is 1.79 bits per heavy atom. The van der Waals surface area contributed by atoms with Gasteiger partial charge in [-0.15, -0.1) is 0 Å². The molecule has 1 aliphatic heterocycles. The molecule has 0 saturated carbocycles. The second-order valence-electron chi connectivity index (χ2n) is 7.14. The predicted octanol–water partition coefficient (Wildman–Crippen LogP) is 2.79. The number of carbonyl (C=O) groups is 1. The molecule has 0 spiro atoms. The molecule has 1 aliphatic rings. The number of piperidine rings is 1. The van der Waals surface area contributed by atoms with E-state index in [2.05, 4.69) is 4.98 Å². The summed E-state index contributed by atoms with van der Waals surface area (Å²) < 4.78 is 34.1. The Morgan fingerprint density at radius 1 is 1.03 bits per heavy atom. The van der Waals surface area contributed by atoms with Gasteiger partial charge in [0.05, 0.1) is 17.0 Å². The molecule has 29 heavy (non-hydrogen) atoms. The highest BCUT2D eigenvalue weighted by molar-refractivity contribution is 7.89. The SMILES string of the molecule is O=C(Cc1ccc(S(=O)(=O)N2CCCCC2)cc1)OCc1cn2ccccc2n1. The van der Waals surface area contributed by atoms with E-state index in [4.69, 9.17) is 4.74 Å². The molecule has 0 atom stereocenters. The normalized spacial score (nSPS) is 15.4. The smallest absolute Gasteiger partial charge is 0.310 e. The van der Waals surface area contributed by atoms with E-state index in [1.165, 1.54) is 4.31 Å². The number of benzene rings is 1. The van der Waals surface area contributed by atoms with Gasteiger partial charge in [0.2, 0.25) is 10.0 Å². The largest absolute Gasteiger partial charge is 0.459 e. The van der Waals surface area contributed by atoms with Crippen molar-refractivity contribution in [2.24, 2.45) is 0 Å². The van der Waals surface area contributed by atoms with E-state index < -0.39 is 10.0 Å². The summed E-state index contributed by atoms with van der Waals surface area (Å²) >= 11 is 0. The van der Waals surface area contributed by atoms with Crippen LogP contribution in [0.4, 0.5) is 0 Å². The molecule has 0 N–H and O–H groups in total. The maximum absolute atomic E-state index is 12.7. The van der Waals surface area contributed by atoms with Gasteiger partial charge >= 0.3 is 5.97 Å². The van der Waals surface area contributed by atoms with E-state index in [0.717, 1.165) is 24.9 Å². The quantitative estimate of drug-likeness (QED) is 0.581. The van der Waals surface area contributed by atoms with Crippen LogP contribution < -0.4 is 0 Å². The fourth-order valence-electron chi connectivity index (χ4n) is 3.46. The monoisotopic (exact) mass is 413 g/mol. The highest BCUT2D eigenvalue weighted by Gasteiger charge is 2.25. The standard InChI is InChI=1S/C21H23N3O4S/c25-21(28-16-18-15-23-11-5-2-6-20(23)22-18)14-17-7-9-19(10-8-17)29(26,27)24-12-3-1-4-13-24/h2,5-11,15H,1,3-4,12-14,16H2. The minimum Gasteiger partial charge on any atom is -0.459 e. The third kappa shape index (κ3) is 4.49. The van der Waals surface area contributed by atoms with Crippen molar-refractivity contribution in [1.29, 1.82) is 0 Å². The molecule has 0 amide bonds. The van der Waals surface area contributed by atoms with Crippen molar-refractivity contribution in [3.63, 3.8) is 0 Å². The van der Waals surface area contributed by atoms with Crippen molar-refractivity contribution in [3.8, 4) is 0 Å². The van der Waals surface area contributed by atoms with Crippen LogP contribution in [0, 0.1) is 0 Å². The maximum atomic E-state index is 12.7. The number of ether oxygens (including phenoxy) is 1. The Hall–Kier alpha value is -2.71. The minimum absolute atomic E-state index is 0.0808. The number of imidazole rings is 1. The van der Waals surface area contributed by atoms with E-state index in [9.17, 15) is 13.2 Å². The summed E-state index contributed by atoms with van der Waals surface area (Å²) in [5.41, 5.74) is 2.18. The zero-order valence-electron chi connectivity index (χ0n) is 16.0. The van der Waals surface area contributed by atoms with Gasteiger partial charge < -0.3 is 9.14 Å². The first-order valence-electron chi connectivity index (χ1n) is 9.70. The Morgan fingerprint density at radius 3 is 2.52 bits per heavy atom. The Labute approximate surface area is 170 Å². The number of fused-ring (bicyclic) bond motifs is 1. The second kappa shape index (κ2) is 8.34. The number of carbonyl (C=O) groups excluding carboxylic acids is 1. The van der Waals surface area contributed by atoms with Crippen molar-refractivity contribution in [2.45, 2.75) is 37.2 Å². The summed E-state index contributed by atoms with van der Waals surface area (Å²) in [6.07, 6.45) is 6.65. The summed E-state index contributed by atoms with van der Waals surface area (Å²) in [5, 5.41) is 0. The van der Waals surface area contributed by atoms with Gasteiger partial charge in [0.1, 0.15) is 12.3 Å². The van der Waals surface area contributed by atoms with Crippen LogP contribution in [0.2, 0.25) is 0 Å². The van der Waals surface area contributed by atoms with Crippen molar-refractivity contribution in [1.82, 2.24) is 13.7 Å². The number of hydrogen-bond acceptors (Lipinski definition) is 5. The van der Waals surface area contributed by atoms with E-state index >= 15 is 0 Å². The van der Waals surface area contributed by atoms with Gasteiger partial charge in [-0.1, -0.05) is 24.6 Å². The molecule has 4 rings (SSSR count). The van der Waals surface area contributed by atoms with Gasteiger partial charge in [-0.2, -0.15) is 4.31 Å². The molecule has 3 aromatic rings. The Kier molecular flexibility index (Phi) is 5.64. The van der Waals surface area contributed by atoms with E-state index in [1.54, 1.807) is 24.3 Å². The average Bonchev–Trinajstić information content (AvgIpc) is 3.16. The van der Waals surface area contributed by atoms with E-state index in [0.29, 0.717) is 24.3 Å². The molecule has 1 fully saturated rings. The summed E-state index contributed by atoms with van der Waals surface area (Å²) in [4.78, 5) is 16.8. The topological polar surface area (TPSA) is 81.0 Å². The average molecular weight is 413 g/mol. The number of rotatable bonds is 6. The van der Waals surface area contributed by atoms with Crippen LogP contribution in [-0.2, 0) is 32.6 Å². The van der Waals surface area contributed by atoms with Gasteiger partial charge in [0.15, 0.2) is 0 Å². The molecule has 152 valence electrons. The maximum Gasteiger partial charge on any atom is 0.310 e. The number of aromatic nitrogens is 2. The second-order valence-corrected chi connectivity index (χ2v) is 9.08. The van der Waals surface area contributed by atoms with E-state index in [-0.39, 0.29) is 23.9 Å². The van der Waals surface area contributed by atoms with Crippen molar-refractivity contribution >= 4 is 21.6 Å². The lowest BCUT2D eigenvalue weighted by Gasteiger charge is -2.25. The van der Waals surface area contributed by atoms with Crippen LogP contribution in [0.25, 0.3) is 5.65 Å². The molecule has 2 aromatic heterocycles. The Balaban J connectivity index is 1.35. The zero-order valence-corrected chi connectivity index (χ0v) is 16.8. The van der Waals surface area contributed by atoms with E-state index in [1.807, 2.05) is 35.0 Å². The van der Waals surface area contributed by atoms with Gasteiger partial charge in [0.25, 0.3) is 0 Å². The van der Waals surface area contributed by atoms with Gasteiger partial charge in [-0.25, -0.2) is 13.4 Å². The van der Waals surface area contributed by atoms with Gasteiger partial charge in [-0.3, -0.25) is 4.79 Å². The zero-order chi connectivity index (χ0) is 20.3. The highest BCUT2D eigenvalue weighted by atomic mass is 32.2. The minimum atomic E-state index is -3.46. The first kappa shape index (κ1) is 19.6. The van der Waals surface area contributed by atoms with Crippen LogP contribution in [0.5, 0.6) is 0 Å². The van der Waals surface area contributed by atoms with Crippen LogP contribution in [0.15, 0.2) is 59.8 Å². The fourth-order valence-corrected chi connectivity index (χ4v) is 4.98. The summed E-state index contributed by atoms with van der Waals surface area (Å²) in [6.45, 7) is 1.24. The van der Waals surface area contributed by atoms with Crippen molar-refractivity contribution in [2.75, 3.05) is 13.1 Å².